The van der Waals surface area contributed by atoms with Crippen LogP contribution in [0, 0.1) is 0 Å². The molecule has 0 bridgehead atoms. The Labute approximate surface area is 107 Å². The van der Waals surface area contributed by atoms with E-state index in [2.05, 4.69) is 19.6 Å². The maximum atomic E-state index is 4.80. The van der Waals surface area contributed by atoms with E-state index in [4.69, 9.17) is 12.2 Å². The van der Waals surface area contributed by atoms with E-state index in [-0.39, 0.29) is 29.6 Å². The van der Waals surface area contributed by atoms with Gasteiger partial charge in [0, 0.05) is 29.6 Å². The van der Waals surface area contributed by atoms with Gasteiger partial charge < -0.3 is 0 Å². The number of hydrogen-bond donors (Lipinski definition) is 1. The Morgan fingerprint density at radius 1 is 1.36 bits per heavy atom. The maximum absolute atomic E-state index is 4.80. The Bertz CT molecular complexity index is 95.7. The first kappa shape index (κ1) is 15.3. The van der Waals surface area contributed by atoms with Crippen molar-refractivity contribution in [1.82, 2.24) is 0 Å². The van der Waals surface area contributed by atoms with E-state index in [9.17, 15) is 0 Å². The molecule has 0 aromatic heterocycles. The van der Waals surface area contributed by atoms with Crippen LogP contribution in [0.1, 0.15) is 32.6 Å². The standard InChI is InChI=1S/C7H14S3.Na/c1-2-3-4-5-6-10-7(8)9;/h2-6H2,1H3,(H,8,9);. The quantitative estimate of drug-likeness (QED) is 0.325. The van der Waals surface area contributed by atoms with Gasteiger partial charge in [0.1, 0.15) is 3.53 Å². The fraction of sp³-hybridized carbons (Fsp3) is 0.857. The molecule has 0 atom stereocenters. The SMILES string of the molecule is CCCCCCSC(=S)S.[Na]. The van der Waals surface area contributed by atoms with Crippen LogP contribution in [-0.2, 0) is 0 Å². The minimum atomic E-state index is 0. The molecule has 0 aromatic rings. The molecule has 0 nitrogen and oxygen atoms in total. The maximum Gasteiger partial charge on any atom is 0.101 e. The summed E-state index contributed by atoms with van der Waals surface area (Å²) in [6, 6.07) is 0. The zero-order valence-electron chi connectivity index (χ0n) is 7.30. The molecule has 0 saturated heterocycles. The molecule has 11 heavy (non-hydrogen) atoms. The third-order valence-electron chi connectivity index (χ3n) is 1.22. The van der Waals surface area contributed by atoms with Gasteiger partial charge in [-0.25, -0.2) is 0 Å². The van der Waals surface area contributed by atoms with Crippen molar-refractivity contribution >= 4 is 69.7 Å². The van der Waals surface area contributed by atoms with Crippen molar-refractivity contribution in [2.45, 2.75) is 32.6 Å². The van der Waals surface area contributed by atoms with Crippen LogP contribution < -0.4 is 0 Å². The number of thioether (sulfide) groups is 1. The number of thiocarbonyl (C=S) groups is 1. The Morgan fingerprint density at radius 2 is 2.00 bits per heavy atom. The monoisotopic (exact) mass is 217 g/mol. The van der Waals surface area contributed by atoms with Gasteiger partial charge in [0.15, 0.2) is 0 Å². The van der Waals surface area contributed by atoms with Crippen molar-refractivity contribution in [3.8, 4) is 0 Å². The molecule has 0 rings (SSSR count). The van der Waals surface area contributed by atoms with Gasteiger partial charge >= 0.3 is 0 Å². The summed E-state index contributed by atoms with van der Waals surface area (Å²) < 4.78 is 0.775. The first-order valence-corrected chi connectivity index (χ1v) is 5.47. The molecular formula is C7H14NaS3. The molecule has 61 valence electrons. The Balaban J connectivity index is 0. The molecule has 0 unspecified atom stereocenters. The Hall–Kier alpha value is 1.79. The third-order valence-corrected chi connectivity index (χ3v) is 2.70. The average Bonchev–Trinajstić information content (AvgIpc) is 1.87. The first-order valence-electron chi connectivity index (χ1n) is 3.63. The van der Waals surface area contributed by atoms with Crippen LogP contribution in [0.2, 0.25) is 0 Å². The van der Waals surface area contributed by atoms with Crippen molar-refractivity contribution in [1.29, 1.82) is 0 Å². The molecule has 1 radical (unpaired) electrons. The number of rotatable bonds is 5. The van der Waals surface area contributed by atoms with Crippen molar-refractivity contribution < 1.29 is 0 Å². The molecule has 0 spiro atoms. The molecular weight excluding hydrogens is 203 g/mol. The van der Waals surface area contributed by atoms with E-state index in [1.54, 1.807) is 11.8 Å². The van der Waals surface area contributed by atoms with Gasteiger partial charge in [-0.3, -0.25) is 0 Å². The van der Waals surface area contributed by atoms with Crippen LogP contribution in [0.25, 0.3) is 0 Å². The van der Waals surface area contributed by atoms with Crippen LogP contribution in [-0.4, -0.2) is 38.8 Å². The van der Waals surface area contributed by atoms with E-state index >= 15 is 0 Å². The second-order valence-corrected chi connectivity index (χ2v) is 5.00. The summed E-state index contributed by atoms with van der Waals surface area (Å²) in [5.41, 5.74) is 0. The average molecular weight is 217 g/mol. The van der Waals surface area contributed by atoms with E-state index in [1.165, 1.54) is 25.7 Å². The molecule has 0 saturated carbocycles. The molecule has 4 heteroatoms. The topological polar surface area (TPSA) is 0 Å². The van der Waals surface area contributed by atoms with Gasteiger partial charge in [-0.1, -0.05) is 38.4 Å². The van der Waals surface area contributed by atoms with Crippen LogP contribution in [0.4, 0.5) is 0 Å². The predicted molar refractivity (Wildman–Crippen MR) is 63.9 cm³/mol. The Kier molecular flexibility index (Phi) is 16.4. The summed E-state index contributed by atoms with van der Waals surface area (Å²) >= 11 is 10.5. The fourth-order valence-corrected chi connectivity index (χ4v) is 1.74. The van der Waals surface area contributed by atoms with Crippen LogP contribution in [0.15, 0.2) is 0 Å². The zero-order chi connectivity index (χ0) is 7.82. The first-order chi connectivity index (χ1) is 4.77. The number of hydrogen-bond acceptors (Lipinski definition) is 2. The molecule has 0 aliphatic rings. The summed E-state index contributed by atoms with van der Waals surface area (Å²) in [6.45, 7) is 2.22. The van der Waals surface area contributed by atoms with Crippen LogP contribution >= 0.6 is 36.6 Å². The number of unbranched alkanes of at least 4 members (excludes halogenated alkanes) is 3. The van der Waals surface area contributed by atoms with E-state index in [1.807, 2.05) is 0 Å². The Morgan fingerprint density at radius 3 is 2.45 bits per heavy atom. The molecule has 0 amide bonds. The molecule has 0 aliphatic heterocycles. The fourth-order valence-electron chi connectivity index (χ4n) is 0.688. The van der Waals surface area contributed by atoms with Crippen molar-refractivity contribution in [3.63, 3.8) is 0 Å². The van der Waals surface area contributed by atoms with Gasteiger partial charge in [0.05, 0.1) is 0 Å². The molecule has 0 fully saturated rings. The molecule has 0 aromatic carbocycles. The summed E-state index contributed by atoms with van der Waals surface area (Å²) in [7, 11) is 0. The summed E-state index contributed by atoms with van der Waals surface area (Å²) in [5, 5.41) is 0. The molecule has 0 heterocycles. The van der Waals surface area contributed by atoms with Crippen molar-refractivity contribution in [2.75, 3.05) is 5.75 Å². The minimum Gasteiger partial charge on any atom is -0.125 e. The normalized spacial score (nSPS) is 8.91. The van der Waals surface area contributed by atoms with Crippen LogP contribution in [0.3, 0.4) is 0 Å². The second-order valence-electron chi connectivity index (χ2n) is 2.18. The zero-order valence-corrected chi connectivity index (χ0v) is 11.8. The third kappa shape index (κ3) is 14.6. The molecule has 0 aliphatic carbocycles. The predicted octanol–water partition coefficient (Wildman–Crippen LogP) is 3.13. The van der Waals surface area contributed by atoms with Gasteiger partial charge in [0.2, 0.25) is 0 Å². The van der Waals surface area contributed by atoms with E-state index < -0.39 is 0 Å². The van der Waals surface area contributed by atoms with Gasteiger partial charge in [-0.05, 0) is 12.2 Å². The molecule has 0 N–H and O–H groups in total. The van der Waals surface area contributed by atoms with E-state index in [0.717, 1.165) is 9.28 Å². The van der Waals surface area contributed by atoms with Crippen LogP contribution in [0.5, 0.6) is 0 Å². The van der Waals surface area contributed by atoms with Crippen molar-refractivity contribution in [2.24, 2.45) is 0 Å². The van der Waals surface area contributed by atoms with Gasteiger partial charge in [-0.2, -0.15) is 0 Å². The van der Waals surface area contributed by atoms with Crippen molar-refractivity contribution in [3.05, 3.63) is 0 Å². The largest absolute Gasteiger partial charge is 0.125 e. The summed E-state index contributed by atoms with van der Waals surface area (Å²) in [5.74, 6) is 1.14. The smallest absolute Gasteiger partial charge is 0.101 e. The summed E-state index contributed by atoms with van der Waals surface area (Å²) in [4.78, 5) is 0. The summed E-state index contributed by atoms with van der Waals surface area (Å²) in [6.07, 6.45) is 5.26. The second kappa shape index (κ2) is 11.8. The van der Waals surface area contributed by atoms with E-state index in [0.29, 0.717) is 0 Å². The minimum absolute atomic E-state index is 0. The van der Waals surface area contributed by atoms with Gasteiger partial charge in [-0.15, -0.1) is 24.4 Å². The number of thiol groups is 1. The van der Waals surface area contributed by atoms with Gasteiger partial charge in [0.25, 0.3) is 0 Å².